The van der Waals surface area contributed by atoms with Crippen LogP contribution in [0.25, 0.3) is 0 Å². The summed E-state index contributed by atoms with van der Waals surface area (Å²) in [5, 5.41) is 6.80. The Morgan fingerprint density at radius 3 is 2.50 bits per heavy atom. The fourth-order valence-corrected chi connectivity index (χ4v) is 2.89. The second-order valence-electron chi connectivity index (χ2n) is 5.70. The normalized spacial score (nSPS) is 14.3. The van der Waals surface area contributed by atoms with Crippen LogP contribution in [-0.4, -0.2) is 11.9 Å². The van der Waals surface area contributed by atoms with Crippen molar-refractivity contribution in [3.63, 3.8) is 0 Å². The van der Waals surface area contributed by atoms with Crippen LogP contribution in [0, 0.1) is 0 Å². The van der Waals surface area contributed by atoms with Gasteiger partial charge in [-0.1, -0.05) is 17.7 Å². The lowest BCUT2D eigenvalue weighted by Gasteiger charge is -2.16. The molecule has 4 heteroatoms. The van der Waals surface area contributed by atoms with Gasteiger partial charge in [-0.2, -0.15) is 0 Å². The lowest BCUT2D eigenvalue weighted by molar-refractivity contribution is -0.116. The Kier molecular flexibility index (Phi) is 4.34. The number of halogens is 1. The van der Waals surface area contributed by atoms with Crippen LogP contribution < -0.4 is 10.6 Å². The standard InChI is InChI=1S/C18H19ClN2O/c1-12(18(22)21-16-9-6-15(19)7-10-16)20-17-8-5-13-3-2-4-14(13)11-17/h5-12,20H,2-4H2,1H3,(H,21,22)/t12-/m1/s1. The lowest BCUT2D eigenvalue weighted by atomic mass is 10.1. The summed E-state index contributed by atoms with van der Waals surface area (Å²) in [4.78, 5) is 12.2. The van der Waals surface area contributed by atoms with Crippen molar-refractivity contribution in [1.82, 2.24) is 0 Å². The van der Waals surface area contributed by atoms with Crippen LogP contribution in [0.15, 0.2) is 42.5 Å². The molecule has 0 fully saturated rings. The second-order valence-corrected chi connectivity index (χ2v) is 6.14. The molecule has 114 valence electrons. The highest BCUT2D eigenvalue weighted by atomic mass is 35.5. The molecule has 3 nitrogen and oxygen atoms in total. The highest BCUT2D eigenvalue weighted by Crippen LogP contribution is 2.25. The average Bonchev–Trinajstić information content (AvgIpc) is 2.97. The van der Waals surface area contributed by atoms with Crippen molar-refractivity contribution in [2.75, 3.05) is 10.6 Å². The SMILES string of the molecule is C[C@@H](Nc1ccc2c(c1)CCC2)C(=O)Nc1ccc(Cl)cc1. The van der Waals surface area contributed by atoms with Gasteiger partial charge in [-0.15, -0.1) is 0 Å². The van der Waals surface area contributed by atoms with E-state index in [0.29, 0.717) is 5.02 Å². The Hall–Kier alpha value is -2.00. The van der Waals surface area contributed by atoms with Crippen LogP contribution in [-0.2, 0) is 17.6 Å². The zero-order valence-electron chi connectivity index (χ0n) is 12.5. The van der Waals surface area contributed by atoms with E-state index in [0.717, 1.165) is 17.8 Å². The zero-order valence-corrected chi connectivity index (χ0v) is 13.3. The number of anilines is 2. The number of hydrogen-bond acceptors (Lipinski definition) is 2. The topological polar surface area (TPSA) is 41.1 Å². The molecule has 0 unspecified atom stereocenters. The molecular formula is C18H19ClN2O. The molecule has 2 aromatic carbocycles. The van der Waals surface area contributed by atoms with Crippen molar-refractivity contribution in [2.45, 2.75) is 32.2 Å². The third-order valence-electron chi connectivity index (χ3n) is 3.99. The van der Waals surface area contributed by atoms with Crippen LogP contribution in [0.5, 0.6) is 0 Å². The van der Waals surface area contributed by atoms with E-state index in [1.807, 2.05) is 6.92 Å². The van der Waals surface area contributed by atoms with Gasteiger partial charge in [0.2, 0.25) is 5.91 Å². The maximum Gasteiger partial charge on any atom is 0.246 e. The van der Waals surface area contributed by atoms with Gasteiger partial charge in [0.25, 0.3) is 0 Å². The molecule has 2 N–H and O–H groups in total. The first-order chi connectivity index (χ1) is 10.6. The summed E-state index contributed by atoms with van der Waals surface area (Å²) in [5.74, 6) is -0.0668. The molecule has 0 spiro atoms. The van der Waals surface area contributed by atoms with Gasteiger partial charge in [0.05, 0.1) is 0 Å². The minimum absolute atomic E-state index is 0.0668. The molecular weight excluding hydrogens is 296 g/mol. The van der Waals surface area contributed by atoms with Crippen LogP contribution in [0.4, 0.5) is 11.4 Å². The molecule has 1 aliphatic carbocycles. The number of carbonyl (C=O) groups excluding carboxylic acids is 1. The first kappa shape index (κ1) is 14.9. The van der Waals surface area contributed by atoms with Gasteiger partial charge in [0, 0.05) is 16.4 Å². The first-order valence-electron chi connectivity index (χ1n) is 7.56. The minimum atomic E-state index is -0.310. The molecule has 0 saturated heterocycles. The van der Waals surface area contributed by atoms with E-state index in [-0.39, 0.29) is 11.9 Å². The van der Waals surface area contributed by atoms with Crippen molar-refractivity contribution in [3.05, 3.63) is 58.6 Å². The van der Waals surface area contributed by atoms with E-state index in [9.17, 15) is 4.79 Å². The molecule has 0 radical (unpaired) electrons. The number of fused-ring (bicyclic) bond motifs is 1. The third kappa shape index (κ3) is 3.42. The van der Waals surface area contributed by atoms with Crippen LogP contribution >= 0.6 is 11.6 Å². The second kappa shape index (κ2) is 6.41. The summed E-state index contributed by atoms with van der Waals surface area (Å²) in [5.41, 5.74) is 4.58. The molecule has 0 aromatic heterocycles. The Morgan fingerprint density at radius 1 is 1.05 bits per heavy atom. The molecule has 2 aromatic rings. The van der Waals surface area contributed by atoms with Crippen molar-refractivity contribution in [1.29, 1.82) is 0 Å². The number of aryl methyl sites for hydroxylation is 2. The molecule has 0 heterocycles. The summed E-state index contributed by atoms with van der Waals surface area (Å²) >= 11 is 5.84. The lowest BCUT2D eigenvalue weighted by Crippen LogP contribution is -2.31. The van der Waals surface area contributed by atoms with E-state index in [1.54, 1.807) is 24.3 Å². The summed E-state index contributed by atoms with van der Waals surface area (Å²) in [6, 6.07) is 13.2. The number of carbonyl (C=O) groups is 1. The average molecular weight is 315 g/mol. The molecule has 1 amide bonds. The largest absolute Gasteiger partial charge is 0.374 e. The Morgan fingerprint density at radius 2 is 1.73 bits per heavy atom. The number of nitrogens with one attached hydrogen (secondary N) is 2. The van der Waals surface area contributed by atoms with Gasteiger partial charge in [-0.3, -0.25) is 4.79 Å². The minimum Gasteiger partial charge on any atom is -0.374 e. The summed E-state index contributed by atoms with van der Waals surface area (Å²) in [7, 11) is 0. The maximum atomic E-state index is 12.2. The van der Waals surface area contributed by atoms with E-state index < -0.39 is 0 Å². The molecule has 1 aliphatic rings. The van der Waals surface area contributed by atoms with Crippen molar-refractivity contribution in [2.24, 2.45) is 0 Å². The van der Waals surface area contributed by atoms with Crippen LogP contribution in [0.3, 0.4) is 0 Å². The van der Waals surface area contributed by atoms with E-state index in [2.05, 4.69) is 28.8 Å². The molecule has 0 bridgehead atoms. The molecule has 22 heavy (non-hydrogen) atoms. The molecule has 1 atom stereocenters. The Labute approximate surface area is 135 Å². The fourth-order valence-electron chi connectivity index (χ4n) is 2.76. The van der Waals surface area contributed by atoms with Crippen LogP contribution in [0.1, 0.15) is 24.5 Å². The van der Waals surface area contributed by atoms with Gasteiger partial charge < -0.3 is 10.6 Å². The van der Waals surface area contributed by atoms with Crippen molar-refractivity contribution >= 4 is 28.9 Å². The number of hydrogen-bond donors (Lipinski definition) is 2. The molecule has 3 rings (SSSR count). The summed E-state index contributed by atoms with van der Waals surface area (Å²) < 4.78 is 0. The number of rotatable bonds is 4. The van der Waals surface area contributed by atoms with Gasteiger partial charge in [-0.05, 0) is 73.7 Å². The highest BCUT2D eigenvalue weighted by molar-refractivity contribution is 6.30. The Balaban J connectivity index is 1.62. The Bertz CT molecular complexity index is 682. The zero-order chi connectivity index (χ0) is 15.5. The van der Waals surface area contributed by atoms with E-state index >= 15 is 0 Å². The van der Waals surface area contributed by atoms with Gasteiger partial charge in [-0.25, -0.2) is 0 Å². The van der Waals surface area contributed by atoms with Crippen molar-refractivity contribution < 1.29 is 4.79 Å². The monoisotopic (exact) mass is 314 g/mol. The molecule has 0 aliphatic heterocycles. The predicted molar refractivity (Wildman–Crippen MR) is 91.6 cm³/mol. The van der Waals surface area contributed by atoms with Gasteiger partial charge >= 0.3 is 0 Å². The quantitative estimate of drug-likeness (QED) is 0.885. The smallest absolute Gasteiger partial charge is 0.246 e. The van der Waals surface area contributed by atoms with Gasteiger partial charge in [0.15, 0.2) is 0 Å². The fraction of sp³-hybridized carbons (Fsp3) is 0.278. The maximum absolute atomic E-state index is 12.2. The summed E-state index contributed by atoms with van der Waals surface area (Å²) in [6.45, 7) is 1.86. The number of benzene rings is 2. The molecule has 0 saturated carbocycles. The van der Waals surface area contributed by atoms with Gasteiger partial charge in [0.1, 0.15) is 6.04 Å². The number of amides is 1. The summed E-state index contributed by atoms with van der Waals surface area (Å²) in [6.07, 6.45) is 3.53. The van der Waals surface area contributed by atoms with E-state index in [1.165, 1.54) is 24.0 Å². The van der Waals surface area contributed by atoms with Crippen molar-refractivity contribution in [3.8, 4) is 0 Å². The first-order valence-corrected chi connectivity index (χ1v) is 7.94. The van der Waals surface area contributed by atoms with Crippen LogP contribution in [0.2, 0.25) is 5.02 Å². The predicted octanol–water partition coefficient (Wildman–Crippen LogP) is 4.27. The van der Waals surface area contributed by atoms with E-state index in [4.69, 9.17) is 11.6 Å². The third-order valence-corrected chi connectivity index (χ3v) is 4.24. The highest BCUT2D eigenvalue weighted by Gasteiger charge is 2.15.